The number of phenolic OH excluding ortho intramolecular Hbond substituents is 1. The number of para-hydroxylation sites is 1. The van der Waals surface area contributed by atoms with Crippen molar-refractivity contribution in [2.45, 2.75) is 20.8 Å². The van der Waals surface area contributed by atoms with Crippen molar-refractivity contribution < 1.29 is 14.7 Å². The molecule has 3 aromatic rings. The predicted octanol–water partition coefficient (Wildman–Crippen LogP) is 5.15. The summed E-state index contributed by atoms with van der Waals surface area (Å²) in [5, 5.41) is 21.5. The predicted molar refractivity (Wildman–Crippen MR) is 141 cm³/mol. The van der Waals surface area contributed by atoms with E-state index in [0.29, 0.717) is 21.3 Å². The Morgan fingerprint density at radius 3 is 2.37 bits per heavy atom. The van der Waals surface area contributed by atoms with Crippen LogP contribution in [-0.4, -0.2) is 27.8 Å². The third kappa shape index (κ3) is 4.24. The van der Waals surface area contributed by atoms with Crippen molar-refractivity contribution in [2.75, 3.05) is 10.2 Å². The number of amides is 2. The average Bonchev–Trinajstić information content (AvgIpc) is 3.29. The minimum atomic E-state index is -0.331. The highest BCUT2D eigenvalue weighted by Crippen LogP contribution is 2.39. The van der Waals surface area contributed by atoms with Crippen LogP contribution in [0.1, 0.15) is 27.8 Å². The van der Waals surface area contributed by atoms with Crippen LogP contribution < -0.4 is 10.2 Å². The van der Waals surface area contributed by atoms with E-state index in [1.807, 2.05) is 57.2 Å². The zero-order valence-electron chi connectivity index (χ0n) is 19.4. The number of anilines is 2. The Hall–Kier alpha value is -4.17. The number of phenols is 1. The van der Waals surface area contributed by atoms with Gasteiger partial charge in [-0.1, -0.05) is 42.0 Å². The van der Waals surface area contributed by atoms with Gasteiger partial charge in [0.05, 0.1) is 16.3 Å². The molecule has 0 saturated carbocycles. The van der Waals surface area contributed by atoms with Gasteiger partial charge in [0.15, 0.2) is 5.71 Å². The maximum atomic E-state index is 13.6. The molecule has 0 aromatic heterocycles. The highest BCUT2D eigenvalue weighted by molar-refractivity contribution is 8.19. The van der Waals surface area contributed by atoms with E-state index in [2.05, 4.69) is 15.5 Å². The van der Waals surface area contributed by atoms with Crippen molar-refractivity contribution in [3.63, 3.8) is 0 Å². The molecular formula is C27H22N4O3S. The Kier molecular flexibility index (Phi) is 5.74. The Balaban J connectivity index is 1.61. The molecule has 1 fully saturated rings. The fourth-order valence-corrected chi connectivity index (χ4v) is 4.99. The third-order valence-corrected chi connectivity index (χ3v) is 6.75. The summed E-state index contributed by atoms with van der Waals surface area (Å²) in [6.07, 6.45) is 1.75. The lowest BCUT2D eigenvalue weighted by atomic mass is 10.1. The fourth-order valence-electron chi connectivity index (χ4n) is 4.08. The summed E-state index contributed by atoms with van der Waals surface area (Å²) in [7, 11) is 0. The van der Waals surface area contributed by atoms with Crippen LogP contribution in [0, 0.1) is 20.8 Å². The average molecular weight is 483 g/mol. The van der Waals surface area contributed by atoms with Crippen LogP contribution in [0.25, 0.3) is 6.08 Å². The van der Waals surface area contributed by atoms with E-state index in [1.54, 1.807) is 35.2 Å². The number of aromatic hydroxyl groups is 1. The topological polar surface area (TPSA) is 94.4 Å². The summed E-state index contributed by atoms with van der Waals surface area (Å²) in [6.45, 7) is 5.82. The van der Waals surface area contributed by atoms with Gasteiger partial charge in [0, 0.05) is 5.56 Å². The summed E-state index contributed by atoms with van der Waals surface area (Å²) < 4.78 is 0. The van der Waals surface area contributed by atoms with E-state index in [0.717, 1.165) is 27.9 Å². The number of amidine groups is 1. The summed E-state index contributed by atoms with van der Waals surface area (Å²) in [4.78, 5) is 28.2. The summed E-state index contributed by atoms with van der Waals surface area (Å²) >= 11 is 1.19. The van der Waals surface area contributed by atoms with Crippen molar-refractivity contribution >= 4 is 51.9 Å². The molecule has 8 heteroatoms. The molecule has 1 saturated heterocycles. The number of carbonyl (C=O) groups excluding carboxylic acids is 2. The van der Waals surface area contributed by atoms with Crippen molar-refractivity contribution in [3.8, 4) is 5.75 Å². The van der Waals surface area contributed by atoms with Crippen LogP contribution in [0.3, 0.4) is 0 Å². The molecule has 2 heterocycles. The molecule has 7 nitrogen and oxygen atoms in total. The maximum absolute atomic E-state index is 13.6. The summed E-state index contributed by atoms with van der Waals surface area (Å²) in [5.74, 6) is -0.410. The van der Waals surface area contributed by atoms with Crippen LogP contribution >= 0.6 is 11.8 Å². The first-order valence-electron chi connectivity index (χ1n) is 11.0. The molecule has 2 N–H and O–H groups in total. The third-order valence-electron chi connectivity index (χ3n) is 5.79. The highest BCUT2D eigenvalue weighted by atomic mass is 32.2. The van der Waals surface area contributed by atoms with Crippen molar-refractivity contribution in [1.29, 1.82) is 0 Å². The molecular weight excluding hydrogens is 460 g/mol. The fraction of sp³-hybridized carbons (Fsp3) is 0.111. The van der Waals surface area contributed by atoms with Crippen LogP contribution in [0.5, 0.6) is 5.75 Å². The molecule has 0 spiro atoms. The summed E-state index contributed by atoms with van der Waals surface area (Å²) in [5.41, 5.74) is 5.94. The van der Waals surface area contributed by atoms with Crippen LogP contribution in [-0.2, 0) is 9.59 Å². The molecule has 2 amide bonds. The van der Waals surface area contributed by atoms with Crippen molar-refractivity contribution in [1.82, 2.24) is 0 Å². The first-order valence-corrected chi connectivity index (χ1v) is 11.8. The Bertz CT molecular complexity index is 1450. The van der Waals surface area contributed by atoms with Gasteiger partial charge in [0.1, 0.15) is 5.75 Å². The number of thioether (sulfide) groups is 1. The second-order valence-electron chi connectivity index (χ2n) is 8.42. The van der Waals surface area contributed by atoms with Crippen LogP contribution in [0.4, 0.5) is 11.4 Å². The molecule has 174 valence electrons. The summed E-state index contributed by atoms with van der Waals surface area (Å²) in [6, 6.07) is 18.1. The Labute approximate surface area is 206 Å². The molecule has 0 radical (unpaired) electrons. The first-order chi connectivity index (χ1) is 16.8. The van der Waals surface area contributed by atoms with E-state index in [9.17, 15) is 14.7 Å². The van der Waals surface area contributed by atoms with E-state index in [1.165, 1.54) is 11.8 Å². The lowest BCUT2D eigenvalue weighted by molar-refractivity contribution is -0.113. The second kappa shape index (κ2) is 8.88. The zero-order valence-corrected chi connectivity index (χ0v) is 20.2. The standard InChI is InChI=1S/C27H22N4O3S/c1-15-7-12-21-20(13-15)23(25(33)28-21)29-30-27-31(24-16(2)5-4-6-17(24)3)26(34)22(35-27)14-18-8-10-19(32)11-9-18/h4-14,32H,1-3H3,(H,28,29,33). The Morgan fingerprint density at radius 2 is 1.66 bits per heavy atom. The molecule has 2 aliphatic heterocycles. The lowest BCUT2D eigenvalue weighted by Crippen LogP contribution is -2.30. The second-order valence-corrected chi connectivity index (χ2v) is 9.43. The van der Waals surface area contributed by atoms with Crippen molar-refractivity contribution in [3.05, 3.63) is 93.4 Å². The molecule has 0 atom stereocenters. The molecule has 0 bridgehead atoms. The zero-order chi connectivity index (χ0) is 24.7. The first kappa shape index (κ1) is 22.6. The number of nitrogens with one attached hydrogen (secondary N) is 1. The molecule has 5 rings (SSSR count). The number of fused-ring (bicyclic) bond motifs is 1. The molecule has 3 aromatic carbocycles. The Morgan fingerprint density at radius 1 is 0.943 bits per heavy atom. The smallest absolute Gasteiger partial charge is 0.276 e. The monoisotopic (exact) mass is 482 g/mol. The number of rotatable bonds is 3. The van der Waals surface area contributed by atoms with Gasteiger partial charge >= 0.3 is 0 Å². The normalized spacial score (nSPS) is 18.6. The van der Waals surface area contributed by atoms with E-state index < -0.39 is 0 Å². The van der Waals surface area contributed by atoms with Gasteiger partial charge in [0.25, 0.3) is 11.8 Å². The van der Waals surface area contributed by atoms with Gasteiger partial charge < -0.3 is 10.4 Å². The van der Waals surface area contributed by atoms with Crippen LogP contribution in [0.15, 0.2) is 75.8 Å². The van der Waals surface area contributed by atoms with Crippen molar-refractivity contribution in [2.24, 2.45) is 10.2 Å². The quantitative estimate of drug-likeness (QED) is 0.399. The SMILES string of the molecule is Cc1ccc2c(c1)C(=NN=C1SC(=Cc3ccc(O)cc3)C(=O)N1c1c(C)cccc1C)C(=O)N2. The maximum Gasteiger partial charge on any atom is 0.276 e. The highest BCUT2D eigenvalue weighted by Gasteiger charge is 2.37. The van der Waals surface area contributed by atoms with Gasteiger partial charge in [-0.3, -0.25) is 14.5 Å². The van der Waals surface area contributed by atoms with Gasteiger partial charge in [-0.15, -0.1) is 10.2 Å². The van der Waals surface area contributed by atoms with E-state index >= 15 is 0 Å². The molecule has 0 unspecified atom stereocenters. The number of hydrogen-bond donors (Lipinski definition) is 2. The van der Waals surface area contributed by atoms with E-state index in [-0.39, 0.29) is 23.3 Å². The van der Waals surface area contributed by atoms with Gasteiger partial charge in [-0.2, -0.15) is 0 Å². The number of aryl methyl sites for hydroxylation is 3. The van der Waals surface area contributed by atoms with Crippen LogP contribution in [0.2, 0.25) is 0 Å². The molecule has 0 aliphatic carbocycles. The lowest BCUT2D eigenvalue weighted by Gasteiger charge is -2.19. The minimum absolute atomic E-state index is 0.151. The van der Waals surface area contributed by atoms with Gasteiger partial charge in [0.2, 0.25) is 5.17 Å². The van der Waals surface area contributed by atoms with E-state index in [4.69, 9.17) is 0 Å². The number of carbonyl (C=O) groups is 2. The van der Waals surface area contributed by atoms with Gasteiger partial charge in [-0.25, -0.2) is 0 Å². The molecule has 2 aliphatic rings. The van der Waals surface area contributed by atoms with Gasteiger partial charge in [-0.05, 0) is 79.6 Å². The number of nitrogens with zero attached hydrogens (tertiary/aromatic N) is 3. The number of hydrogen-bond acceptors (Lipinski definition) is 6. The minimum Gasteiger partial charge on any atom is -0.508 e. The largest absolute Gasteiger partial charge is 0.508 e. The molecule has 35 heavy (non-hydrogen) atoms. The number of benzene rings is 3.